The van der Waals surface area contributed by atoms with E-state index >= 15 is 0 Å². The van der Waals surface area contributed by atoms with Gasteiger partial charge in [0.2, 0.25) is 30.6 Å². The van der Waals surface area contributed by atoms with Crippen LogP contribution in [0.4, 0.5) is 0 Å². The largest absolute Gasteiger partial charge is 0.479 e. The Balaban J connectivity index is 0.000000139. The van der Waals surface area contributed by atoms with E-state index in [1.54, 1.807) is 17.7 Å². The van der Waals surface area contributed by atoms with E-state index in [2.05, 4.69) is 45.5 Å². The summed E-state index contributed by atoms with van der Waals surface area (Å²) in [6, 6.07) is 27.3. The van der Waals surface area contributed by atoms with Crippen LogP contribution in [0.2, 0.25) is 0 Å². The summed E-state index contributed by atoms with van der Waals surface area (Å²) < 4.78 is 5.61. The topological polar surface area (TPSA) is 406 Å². The Labute approximate surface area is 735 Å². The Morgan fingerprint density at radius 1 is 0.397 bits per heavy atom. The number of benzene rings is 3. The van der Waals surface area contributed by atoms with E-state index in [0.29, 0.717) is 76.4 Å². The van der Waals surface area contributed by atoms with Gasteiger partial charge >= 0.3 is 17.9 Å². The number of carboxylic acid groups (broad SMARTS) is 3. The number of amides is 3. The van der Waals surface area contributed by atoms with Crippen molar-refractivity contribution in [1.29, 1.82) is 0 Å². The van der Waals surface area contributed by atoms with Crippen LogP contribution < -0.4 is 33.5 Å². The molecular formula is C96H129N15O15. The van der Waals surface area contributed by atoms with E-state index in [1.165, 1.54) is 174 Å². The van der Waals surface area contributed by atoms with Crippen LogP contribution in [0.5, 0.6) is 0 Å². The molecule has 12 bridgehead atoms. The summed E-state index contributed by atoms with van der Waals surface area (Å²) >= 11 is 0. The number of carboxylic acids is 3. The summed E-state index contributed by atoms with van der Waals surface area (Å²) in [6.45, 7) is 1.30. The van der Waals surface area contributed by atoms with Gasteiger partial charge in [-0.25, -0.2) is 29.3 Å². The van der Waals surface area contributed by atoms with Gasteiger partial charge in [0.25, 0.3) is 22.6 Å². The Kier molecular flexibility index (Phi) is 28.3. The molecule has 6 aliphatic carbocycles. The molecule has 6 saturated carbocycles. The number of carbonyl (C=O) groups excluding carboxylic acids is 3. The lowest BCUT2D eigenvalue weighted by atomic mass is 9.68. The van der Waals surface area contributed by atoms with Crippen LogP contribution in [0.3, 0.4) is 0 Å². The third-order valence-corrected chi connectivity index (χ3v) is 30.7. The SMILES string of the molecule is CC(C)(O/N=C(\C(N)=O)c1nc2ccccc2n(C2C[C@H]3CCC[C@@H](C2)N3C2C[C@H]3CCC[C@@H](C2)C3)c1=O)C(=O)O.CNC(=O)CC/C(=N\OCC(=O)O)c1nc2ccccc2n(C2C[C@H]3CCC[C@@H](C2)N3C2C[C@H]3CCCC[C@@H](C2)C3)c1=O.NC(=O)CC/C(=N\OCC(=O)O)c1nc2ccccc2n(C2C[C@H]3CCC[C@@H](C2)N3C2C[C@H]3CCCC[C@@H](C2)C3)c1=O. The predicted octanol–water partition coefficient (Wildman–Crippen LogP) is 13.0. The molecule has 18 rings (SSSR count). The van der Waals surface area contributed by atoms with Crippen LogP contribution in [-0.2, 0) is 43.3 Å². The second kappa shape index (κ2) is 39.8. The fraction of sp³-hybridized carbons (Fsp3) is 0.656. The van der Waals surface area contributed by atoms with Gasteiger partial charge in [0.1, 0.15) is 11.4 Å². The van der Waals surface area contributed by atoms with E-state index in [1.807, 2.05) is 75.9 Å². The number of nitrogens with one attached hydrogen (secondary N) is 1. The van der Waals surface area contributed by atoms with Crippen molar-refractivity contribution in [3.8, 4) is 0 Å². The minimum atomic E-state index is -1.72. The third-order valence-electron chi connectivity index (χ3n) is 30.7. The van der Waals surface area contributed by atoms with Gasteiger partial charge < -0.3 is 60.3 Å². The maximum absolute atomic E-state index is 14.3. The fourth-order valence-corrected chi connectivity index (χ4v) is 25.6. The number of fused-ring (bicyclic) bond motifs is 15. The van der Waals surface area contributed by atoms with Crippen molar-refractivity contribution < 1.29 is 58.6 Å². The first-order chi connectivity index (χ1) is 60.9. The molecule has 0 radical (unpaired) electrons. The molecule has 30 nitrogen and oxygen atoms in total. The number of oxime groups is 3. The molecule has 12 fully saturated rings. The lowest BCUT2D eigenvalue weighted by molar-refractivity contribution is -0.161. The van der Waals surface area contributed by atoms with Crippen LogP contribution in [0.1, 0.15) is 299 Å². The van der Waals surface area contributed by atoms with Crippen LogP contribution in [0, 0.1) is 35.5 Å². The Bertz CT molecular complexity index is 5190. The number of rotatable bonds is 25. The molecule has 18 atom stereocenters. The van der Waals surface area contributed by atoms with E-state index in [-0.39, 0.29) is 89.3 Å². The molecule has 6 saturated heterocycles. The summed E-state index contributed by atoms with van der Waals surface area (Å²) in [5.41, 5.74) is 12.3. The lowest BCUT2D eigenvalue weighted by Crippen LogP contribution is -2.58. The number of aliphatic carboxylic acids is 3. The van der Waals surface area contributed by atoms with Crippen molar-refractivity contribution in [2.24, 2.45) is 62.4 Å². The highest BCUT2D eigenvalue weighted by Gasteiger charge is 2.50. The molecule has 9 heterocycles. The molecule has 30 heteroatoms. The quantitative estimate of drug-likeness (QED) is 0.0229. The monoisotopic (exact) mass is 1730 g/mol. The zero-order chi connectivity index (χ0) is 88.0. The molecule has 678 valence electrons. The average Bonchev–Trinajstić information content (AvgIpc) is 0.772. The first-order valence-electron chi connectivity index (χ1n) is 47.4. The van der Waals surface area contributed by atoms with Crippen LogP contribution in [0.25, 0.3) is 33.1 Å². The molecular weight excluding hydrogens is 1600 g/mol. The summed E-state index contributed by atoms with van der Waals surface area (Å²) in [6.07, 6.45) is 43.6. The minimum absolute atomic E-state index is 0.0129. The van der Waals surface area contributed by atoms with Gasteiger partial charge in [-0.05, 0) is 221 Å². The van der Waals surface area contributed by atoms with Crippen molar-refractivity contribution in [2.45, 2.75) is 342 Å². The van der Waals surface area contributed by atoms with Gasteiger partial charge in [0, 0.05) is 105 Å². The number of primary amides is 2. The Morgan fingerprint density at radius 2 is 0.706 bits per heavy atom. The summed E-state index contributed by atoms with van der Waals surface area (Å²) in [5.74, 6) is -0.206. The van der Waals surface area contributed by atoms with E-state index in [4.69, 9.17) is 41.2 Å². The summed E-state index contributed by atoms with van der Waals surface area (Å²) in [7, 11) is 1.55. The summed E-state index contributed by atoms with van der Waals surface area (Å²) in [5, 5.41) is 41.9. The maximum Gasteiger partial charge on any atom is 0.350 e. The van der Waals surface area contributed by atoms with Crippen molar-refractivity contribution >= 4 is 85.9 Å². The van der Waals surface area contributed by atoms with Crippen molar-refractivity contribution in [1.82, 2.24) is 48.7 Å². The molecule has 6 unspecified atom stereocenters. The number of nitrogens with two attached hydrogens (primary N) is 2. The van der Waals surface area contributed by atoms with E-state index in [0.717, 1.165) is 111 Å². The van der Waals surface area contributed by atoms with E-state index < -0.39 is 59.8 Å². The lowest BCUT2D eigenvalue weighted by Gasteiger charge is -2.55. The number of nitrogens with zero attached hydrogens (tertiary/aromatic N) is 12. The van der Waals surface area contributed by atoms with Crippen molar-refractivity contribution in [2.75, 3.05) is 20.3 Å². The molecule has 0 spiro atoms. The van der Waals surface area contributed by atoms with Gasteiger partial charge in [0.15, 0.2) is 22.8 Å². The first-order valence-corrected chi connectivity index (χ1v) is 47.4. The number of hydrogen-bond donors (Lipinski definition) is 6. The van der Waals surface area contributed by atoms with Gasteiger partial charge in [-0.2, -0.15) is 0 Å². The van der Waals surface area contributed by atoms with Crippen LogP contribution >= 0.6 is 0 Å². The predicted molar refractivity (Wildman–Crippen MR) is 478 cm³/mol. The van der Waals surface area contributed by atoms with Gasteiger partial charge in [0.05, 0.1) is 33.1 Å². The smallest absolute Gasteiger partial charge is 0.350 e. The number of aromatic nitrogens is 6. The molecule has 3 aromatic heterocycles. The minimum Gasteiger partial charge on any atom is -0.479 e. The maximum atomic E-state index is 14.3. The average molecular weight is 1730 g/mol. The molecule has 8 N–H and O–H groups in total. The zero-order valence-corrected chi connectivity index (χ0v) is 73.6. The van der Waals surface area contributed by atoms with Crippen molar-refractivity contribution in [3.05, 3.63) is 121 Å². The van der Waals surface area contributed by atoms with E-state index in [9.17, 15) is 48.3 Å². The van der Waals surface area contributed by atoms with Crippen molar-refractivity contribution in [3.63, 3.8) is 0 Å². The van der Waals surface area contributed by atoms with Gasteiger partial charge in [-0.1, -0.05) is 142 Å². The first kappa shape index (κ1) is 89.6. The zero-order valence-electron chi connectivity index (χ0n) is 73.6. The molecule has 12 aliphatic rings. The highest BCUT2D eigenvalue weighted by Crippen LogP contribution is 2.52. The molecule has 6 aromatic rings. The number of hydrogen-bond acceptors (Lipinski definition) is 21. The number of piperidine rings is 6. The molecule has 126 heavy (non-hydrogen) atoms. The molecule has 3 aromatic carbocycles. The second-order valence-electron chi connectivity index (χ2n) is 39.3. The fourth-order valence-electron chi connectivity index (χ4n) is 25.6. The van der Waals surface area contributed by atoms with Crippen LogP contribution in [-0.4, -0.2) is 192 Å². The Hall–Kier alpha value is -9.81. The second-order valence-corrected chi connectivity index (χ2v) is 39.3. The van der Waals surface area contributed by atoms with Gasteiger partial charge in [-0.15, -0.1) is 0 Å². The van der Waals surface area contributed by atoms with Crippen LogP contribution in [0.15, 0.2) is 103 Å². The standard InChI is InChI=1S/C33H45N5O5.C32H43N5O5.C31H41N5O5/c1-34-30(39)14-13-28(36-43-20-31(40)41)32-33(42)38(29-12-5-4-11-27(29)35-32)26-18-23-9-6-10-24(19-26)37(23)25-16-21-7-2-3-8-22(15-21)17-25;33-29(38)13-12-27(35-42-19-30(39)40)31-32(41)37(28-11-4-3-10-26(28)34-31)25-17-22-8-5-9-23(18-25)36(22)24-15-20-6-1-2-7-21(14-20)16-24;1-31(2,30(39)40)41-34-26(28(32)37)27-29(38)36(25-12-4-3-11-24(25)33-27)23-16-20-9-6-10-21(17-23)35(20)22-14-18-7-5-8-19(13-18)15-22/h4-5,11-12,21-26H,2-3,6-10,13-20H2,1H3,(H,34,39)(H,40,41);3-4,10-11,20-25H,1-2,5-9,12-19H2,(H2,33,38)(H,39,40);3-4,11-12,18-23H,5-10,13-17H2,1-2H3,(H2,32,37)(H,39,40)/b36-28+;35-27+;34-26-/t21-,22+,23-,24+,25?,26?;20-,21+,22-,23+,24?,25?;18-,19+,20-,21+,22?,23?. The normalized spacial score (nSPS) is 30.1. The third kappa shape index (κ3) is 20.2. The molecule has 6 aliphatic heterocycles. The number of carbonyl (C=O) groups is 6. The highest BCUT2D eigenvalue weighted by molar-refractivity contribution is 6.44. The summed E-state index contributed by atoms with van der Waals surface area (Å²) in [4.78, 5) is 150. The highest BCUT2D eigenvalue weighted by atomic mass is 16.7. The van der Waals surface area contributed by atoms with Gasteiger partial charge in [-0.3, -0.25) is 43.5 Å². The Morgan fingerprint density at radius 3 is 1.02 bits per heavy atom. The number of para-hydroxylation sites is 6. The molecule has 3 amide bonds.